The first-order valence-electron chi connectivity index (χ1n) is 5.95. The third-order valence-corrected chi connectivity index (χ3v) is 4.93. The van der Waals surface area contributed by atoms with Crippen LogP contribution in [0.5, 0.6) is 0 Å². The molecule has 0 amide bonds. The maximum Gasteiger partial charge on any atom is 0.262 e. The molecular formula is C14H15ClN2O2S. The van der Waals surface area contributed by atoms with Gasteiger partial charge in [0, 0.05) is 10.7 Å². The Hall–Kier alpha value is -1.72. The van der Waals surface area contributed by atoms with Crippen LogP contribution in [0.15, 0.2) is 41.3 Å². The Balaban J connectivity index is 2.46. The van der Waals surface area contributed by atoms with Crippen LogP contribution >= 0.6 is 11.6 Å². The van der Waals surface area contributed by atoms with Gasteiger partial charge < -0.3 is 5.73 Å². The molecule has 6 heteroatoms. The molecule has 0 saturated heterocycles. The van der Waals surface area contributed by atoms with Crippen LogP contribution in [0.4, 0.5) is 11.4 Å². The SMILES string of the molecule is Cc1ccc(N)cc1NS(=O)(=O)c1cccc(Cl)c1C. The van der Waals surface area contributed by atoms with Crippen molar-refractivity contribution in [3.63, 3.8) is 0 Å². The van der Waals surface area contributed by atoms with Gasteiger partial charge in [-0.2, -0.15) is 0 Å². The monoisotopic (exact) mass is 310 g/mol. The quantitative estimate of drug-likeness (QED) is 0.854. The molecule has 0 aliphatic rings. The number of hydrogen-bond donors (Lipinski definition) is 2. The average molecular weight is 311 g/mol. The number of nitrogens with one attached hydrogen (secondary N) is 1. The summed E-state index contributed by atoms with van der Waals surface area (Å²) < 4.78 is 27.4. The summed E-state index contributed by atoms with van der Waals surface area (Å²) in [5.74, 6) is 0. The summed E-state index contributed by atoms with van der Waals surface area (Å²) in [6, 6.07) is 9.85. The summed E-state index contributed by atoms with van der Waals surface area (Å²) in [5.41, 5.74) is 7.95. The van der Waals surface area contributed by atoms with Crippen molar-refractivity contribution in [3.8, 4) is 0 Å². The zero-order valence-electron chi connectivity index (χ0n) is 11.1. The highest BCUT2D eigenvalue weighted by Gasteiger charge is 2.19. The van der Waals surface area contributed by atoms with Gasteiger partial charge in [-0.15, -0.1) is 0 Å². The molecule has 0 aliphatic carbocycles. The molecule has 2 aromatic carbocycles. The van der Waals surface area contributed by atoms with Crippen molar-refractivity contribution in [2.24, 2.45) is 0 Å². The van der Waals surface area contributed by atoms with Gasteiger partial charge >= 0.3 is 0 Å². The number of anilines is 2. The van der Waals surface area contributed by atoms with Crippen LogP contribution in [0.2, 0.25) is 5.02 Å². The van der Waals surface area contributed by atoms with E-state index in [0.29, 0.717) is 22.0 Å². The minimum atomic E-state index is -3.70. The van der Waals surface area contributed by atoms with Crippen molar-refractivity contribution >= 4 is 33.0 Å². The lowest BCUT2D eigenvalue weighted by atomic mass is 10.2. The van der Waals surface area contributed by atoms with Gasteiger partial charge in [0.1, 0.15) is 0 Å². The van der Waals surface area contributed by atoms with Crippen molar-refractivity contribution in [2.75, 3.05) is 10.5 Å². The Labute approximate surface area is 123 Å². The molecule has 0 bridgehead atoms. The molecule has 0 unspecified atom stereocenters. The summed E-state index contributed by atoms with van der Waals surface area (Å²) in [6.07, 6.45) is 0. The first kappa shape index (κ1) is 14.7. The standard InChI is InChI=1S/C14H15ClN2O2S/c1-9-6-7-11(16)8-13(9)17-20(18,19)14-5-3-4-12(15)10(14)2/h3-8,17H,16H2,1-2H3. The van der Waals surface area contributed by atoms with Crippen molar-refractivity contribution in [3.05, 3.63) is 52.5 Å². The first-order chi connectivity index (χ1) is 9.31. The Morgan fingerprint density at radius 1 is 1.15 bits per heavy atom. The predicted molar refractivity (Wildman–Crippen MR) is 82.6 cm³/mol. The van der Waals surface area contributed by atoms with E-state index in [1.165, 1.54) is 6.07 Å². The molecule has 2 aromatic rings. The molecule has 106 valence electrons. The number of sulfonamides is 1. The molecule has 0 spiro atoms. The molecule has 0 fully saturated rings. The highest BCUT2D eigenvalue weighted by atomic mass is 35.5. The normalized spacial score (nSPS) is 11.3. The Morgan fingerprint density at radius 3 is 2.55 bits per heavy atom. The molecule has 20 heavy (non-hydrogen) atoms. The maximum absolute atomic E-state index is 12.4. The van der Waals surface area contributed by atoms with Crippen molar-refractivity contribution in [1.82, 2.24) is 0 Å². The van der Waals surface area contributed by atoms with E-state index in [-0.39, 0.29) is 4.90 Å². The van der Waals surface area contributed by atoms with Gasteiger partial charge in [0.25, 0.3) is 10.0 Å². The maximum atomic E-state index is 12.4. The van der Waals surface area contributed by atoms with Gasteiger partial charge in [-0.1, -0.05) is 23.7 Å². The summed E-state index contributed by atoms with van der Waals surface area (Å²) in [7, 11) is -3.70. The second-order valence-electron chi connectivity index (χ2n) is 4.54. The summed E-state index contributed by atoms with van der Waals surface area (Å²) in [4.78, 5) is 0.159. The lowest BCUT2D eigenvalue weighted by molar-refractivity contribution is 0.600. The van der Waals surface area contributed by atoms with Crippen LogP contribution in [0.3, 0.4) is 0 Å². The average Bonchev–Trinajstić information content (AvgIpc) is 2.36. The largest absolute Gasteiger partial charge is 0.399 e. The van der Waals surface area contributed by atoms with E-state index in [2.05, 4.69) is 4.72 Å². The van der Waals surface area contributed by atoms with E-state index in [1.807, 2.05) is 6.92 Å². The van der Waals surface area contributed by atoms with Gasteiger partial charge in [-0.3, -0.25) is 4.72 Å². The van der Waals surface area contributed by atoms with E-state index in [1.54, 1.807) is 37.3 Å². The smallest absolute Gasteiger partial charge is 0.262 e. The van der Waals surface area contributed by atoms with Gasteiger partial charge in [0.2, 0.25) is 0 Å². The lowest BCUT2D eigenvalue weighted by Gasteiger charge is -2.13. The number of hydrogen-bond acceptors (Lipinski definition) is 3. The van der Waals surface area contributed by atoms with E-state index in [0.717, 1.165) is 5.56 Å². The van der Waals surface area contributed by atoms with Crippen LogP contribution in [-0.4, -0.2) is 8.42 Å². The van der Waals surface area contributed by atoms with Crippen LogP contribution < -0.4 is 10.5 Å². The summed E-state index contributed by atoms with van der Waals surface area (Å²) >= 11 is 5.97. The molecule has 0 aromatic heterocycles. The van der Waals surface area contributed by atoms with E-state index < -0.39 is 10.0 Å². The topological polar surface area (TPSA) is 72.2 Å². The third-order valence-electron chi connectivity index (χ3n) is 3.01. The fraction of sp³-hybridized carbons (Fsp3) is 0.143. The fourth-order valence-electron chi connectivity index (χ4n) is 1.83. The minimum absolute atomic E-state index is 0.159. The zero-order valence-corrected chi connectivity index (χ0v) is 12.7. The molecule has 0 radical (unpaired) electrons. The number of nitrogen functional groups attached to an aromatic ring is 1. The molecule has 0 atom stereocenters. The van der Waals surface area contributed by atoms with E-state index in [4.69, 9.17) is 17.3 Å². The minimum Gasteiger partial charge on any atom is -0.399 e. The Morgan fingerprint density at radius 2 is 1.85 bits per heavy atom. The second-order valence-corrected chi connectivity index (χ2v) is 6.60. The second kappa shape index (κ2) is 5.34. The number of aryl methyl sites for hydroxylation is 1. The highest BCUT2D eigenvalue weighted by Crippen LogP contribution is 2.26. The van der Waals surface area contributed by atoms with Crippen LogP contribution in [0.1, 0.15) is 11.1 Å². The molecule has 0 saturated carbocycles. The van der Waals surface area contributed by atoms with Gasteiger partial charge in [0.15, 0.2) is 0 Å². The number of nitrogens with two attached hydrogens (primary N) is 1. The zero-order chi connectivity index (χ0) is 14.9. The van der Waals surface area contributed by atoms with Crippen LogP contribution in [-0.2, 0) is 10.0 Å². The highest BCUT2D eigenvalue weighted by molar-refractivity contribution is 7.92. The Kier molecular flexibility index (Phi) is 3.92. The lowest BCUT2D eigenvalue weighted by Crippen LogP contribution is -2.15. The van der Waals surface area contributed by atoms with Gasteiger partial charge in [0.05, 0.1) is 10.6 Å². The number of benzene rings is 2. The summed E-state index contributed by atoms with van der Waals surface area (Å²) in [5, 5.41) is 0.414. The fourth-order valence-corrected chi connectivity index (χ4v) is 3.45. The van der Waals surface area contributed by atoms with Crippen LogP contribution in [0.25, 0.3) is 0 Å². The van der Waals surface area contributed by atoms with Gasteiger partial charge in [-0.05, 0) is 49.2 Å². The summed E-state index contributed by atoms with van der Waals surface area (Å²) in [6.45, 7) is 3.48. The molecule has 0 heterocycles. The van der Waals surface area contributed by atoms with Crippen molar-refractivity contribution < 1.29 is 8.42 Å². The molecule has 2 rings (SSSR count). The van der Waals surface area contributed by atoms with Crippen molar-refractivity contribution in [1.29, 1.82) is 0 Å². The van der Waals surface area contributed by atoms with Crippen LogP contribution in [0, 0.1) is 13.8 Å². The van der Waals surface area contributed by atoms with Crippen molar-refractivity contribution in [2.45, 2.75) is 18.7 Å². The first-order valence-corrected chi connectivity index (χ1v) is 7.81. The molecule has 4 nitrogen and oxygen atoms in total. The molecular weight excluding hydrogens is 296 g/mol. The number of halogens is 1. The van der Waals surface area contributed by atoms with E-state index >= 15 is 0 Å². The predicted octanol–water partition coefficient (Wildman–Crippen LogP) is 3.34. The molecule has 3 N–H and O–H groups in total. The Bertz CT molecular complexity index is 758. The third kappa shape index (κ3) is 2.89. The van der Waals surface area contributed by atoms with Gasteiger partial charge in [-0.25, -0.2) is 8.42 Å². The molecule has 0 aliphatic heterocycles. The van der Waals surface area contributed by atoms with E-state index in [9.17, 15) is 8.42 Å². The number of rotatable bonds is 3.